The van der Waals surface area contributed by atoms with Crippen LogP contribution in [0.1, 0.15) is 23.1 Å². The Morgan fingerprint density at radius 2 is 1.89 bits per heavy atom. The Labute approximate surface area is 105 Å². The van der Waals surface area contributed by atoms with Crippen LogP contribution in [0.2, 0.25) is 0 Å². The Kier molecular flexibility index (Phi) is 2.61. The molecule has 0 aliphatic heterocycles. The zero-order valence-electron chi connectivity index (χ0n) is 10.00. The van der Waals surface area contributed by atoms with Crippen molar-refractivity contribution in [1.29, 1.82) is 0 Å². The molecular formula is C15H13NO2. The van der Waals surface area contributed by atoms with Gasteiger partial charge in [-0.2, -0.15) is 0 Å². The van der Waals surface area contributed by atoms with Crippen molar-refractivity contribution < 1.29 is 9.52 Å². The van der Waals surface area contributed by atoms with Gasteiger partial charge < -0.3 is 9.52 Å². The van der Waals surface area contributed by atoms with Gasteiger partial charge in [-0.1, -0.05) is 24.3 Å². The van der Waals surface area contributed by atoms with E-state index < -0.39 is 6.10 Å². The molecule has 0 aliphatic carbocycles. The molecule has 3 heteroatoms. The second-order valence-electron chi connectivity index (χ2n) is 4.23. The molecule has 2 heterocycles. The average Bonchev–Trinajstić information content (AvgIpc) is 2.75. The number of aliphatic hydroxyl groups is 1. The standard InChI is InChI=1S/C15H13NO2/c1-10-14(11-6-2-3-8-13(11)18-10)15(17)12-7-4-5-9-16-12/h2-9,15,17H,1H3. The summed E-state index contributed by atoms with van der Waals surface area (Å²) in [6.07, 6.45) is 0.922. The highest BCUT2D eigenvalue weighted by Gasteiger charge is 2.20. The summed E-state index contributed by atoms with van der Waals surface area (Å²) < 4.78 is 5.65. The summed E-state index contributed by atoms with van der Waals surface area (Å²) in [5, 5.41) is 11.4. The van der Waals surface area contributed by atoms with E-state index in [1.807, 2.05) is 49.4 Å². The Balaban J connectivity index is 2.17. The van der Waals surface area contributed by atoms with Gasteiger partial charge in [-0.3, -0.25) is 4.98 Å². The summed E-state index contributed by atoms with van der Waals surface area (Å²) in [6, 6.07) is 13.2. The van der Waals surface area contributed by atoms with Crippen molar-refractivity contribution in [2.24, 2.45) is 0 Å². The van der Waals surface area contributed by atoms with Gasteiger partial charge in [-0.15, -0.1) is 0 Å². The first-order valence-corrected chi connectivity index (χ1v) is 5.84. The van der Waals surface area contributed by atoms with Crippen LogP contribution < -0.4 is 0 Å². The number of para-hydroxylation sites is 1. The van der Waals surface area contributed by atoms with Crippen molar-refractivity contribution in [2.75, 3.05) is 0 Å². The van der Waals surface area contributed by atoms with Gasteiger partial charge in [0.2, 0.25) is 0 Å². The van der Waals surface area contributed by atoms with E-state index in [0.29, 0.717) is 5.69 Å². The van der Waals surface area contributed by atoms with Crippen LogP contribution >= 0.6 is 0 Å². The topological polar surface area (TPSA) is 46.3 Å². The van der Waals surface area contributed by atoms with Crippen LogP contribution in [0.4, 0.5) is 0 Å². The molecule has 1 unspecified atom stereocenters. The van der Waals surface area contributed by atoms with Crippen LogP contribution in [0.5, 0.6) is 0 Å². The third kappa shape index (κ3) is 1.69. The fourth-order valence-electron chi connectivity index (χ4n) is 2.21. The number of aromatic nitrogens is 1. The Morgan fingerprint density at radius 1 is 1.11 bits per heavy atom. The minimum atomic E-state index is -0.755. The largest absolute Gasteiger partial charge is 0.461 e. The lowest BCUT2D eigenvalue weighted by Gasteiger charge is -2.09. The van der Waals surface area contributed by atoms with Gasteiger partial charge in [0.05, 0.1) is 5.69 Å². The number of furan rings is 1. The molecule has 2 aromatic heterocycles. The normalized spacial score (nSPS) is 12.8. The summed E-state index contributed by atoms with van der Waals surface area (Å²) in [5.41, 5.74) is 2.22. The third-order valence-corrected chi connectivity index (χ3v) is 3.06. The molecule has 1 atom stereocenters. The lowest BCUT2D eigenvalue weighted by Crippen LogP contribution is -2.02. The van der Waals surface area contributed by atoms with Gasteiger partial charge in [0, 0.05) is 17.1 Å². The molecule has 0 fully saturated rings. The fraction of sp³-hybridized carbons (Fsp3) is 0.133. The quantitative estimate of drug-likeness (QED) is 0.746. The van der Waals surface area contributed by atoms with Crippen LogP contribution in [-0.2, 0) is 0 Å². The highest BCUT2D eigenvalue weighted by atomic mass is 16.3. The SMILES string of the molecule is Cc1oc2ccccc2c1C(O)c1ccccn1. The van der Waals surface area contributed by atoms with Gasteiger partial charge in [-0.05, 0) is 25.1 Å². The highest BCUT2D eigenvalue weighted by Crippen LogP contribution is 2.32. The maximum absolute atomic E-state index is 10.4. The second kappa shape index (κ2) is 4.27. The predicted molar refractivity (Wildman–Crippen MR) is 69.2 cm³/mol. The molecule has 1 aromatic carbocycles. The van der Waals surface area contributed by atoms with Gasteiger partial charge in [0.25, 0.3) is 0 Å². The third-order valence-electron chi connectivity index (χ3n) is 3.06. The fourth-order valence-corrected chi connectivity index (χ4v) is 2.21. The monoisotopic (exact) mass is 239 g/mol. The van der Waals surface area contributed by atoms with Crippen molar-refractivity contribution in [2.45, 2.75) is 13.0 Å². The van der Waals surface area contributed by atoms with Crippen LogP contribution in [-0.4, -0.2) is 10.1 Å². The van der Waals surface area contributed by atoms with E-state index in [4.69, 9.17) is 4.42 Å². The zero-order valence-corrected chi connectivity index (χ0v) is 10.00. The summed E-state index contributed by atoms with van der Waals surface area (Å²) in [4.78, 5) is 4.19. The minimum Gasteiger partial charge on any atom is -0.461 e. The number of aryl methyl sites for hydroxylation is 1. The summed E-state index contributed by atoms with van der Waals surface area (Å²) >= 11 is 0. The maximum Gasteiger partial charge on any atom is 0.134 e. The smallest absolute Gasteiger partial charge is 0.134 e. The van der Waals surface area contributed by atoms with E-state index in [2.05, 4.69) is 4.98 Å². The van der Waals surface area contributed by atoms with E-state index in [0.717, 1.165) is 22.3 Å². The molecule has 0 bridgehead atoms. The molecule has 0 aliphatic rings. The van der Waals surface area contributed by atoms with Crippen molar-refractivity contribution in [3.05, 3.63) is 65.7 Å². The first-order valence-electron chi connectivity index (χ1n) is 5.84. The molecule has 0 spiro atoms. The molecule has 0 amide bonds. The molecule has 0 radical (unpaired) electrons. The molecule has 3 nitrogen and oxygen atoms in total. The number of rotatable bonds is 2. The van der Waals surface area contributed by atoms with Crippen molar-refractivity contribution in [1.82, 2.24) is 4.98 Å². The van der Waals surface area contributed by atoms with E-state index in [-0.39, 0.29) is 0 Å². The first kappa shape index (κ1) is 11.0. The Morgan fingerprint density at radius 3 is 2.67 bits per heavy atom. The number of nitrogens with zero attached hydrogens (tertiary/aromatic N) is 1. The van der Waals surface area contributed by atoms with Crippen LogP contribution in [0.3, 0.4) is 0 Å². The molecule has 0 saturated carbocycles. The molecule has 3 aromatic rings. The minimum absolute atomic E-state index is 0.632. The van der Waals surface area contributed by atoms with Gasteiger partial charge in [-0.25, -0.2) is 0 Å². The number of pyridine rings is 1. The van der Waals surface area contributed by atoms with E-state index in [1.54, 1.807) is 6.20 Å². The molecular weight excluding hydrogens is 226 g/mol. The van der Waals surface area contributed by atoms with Crippen molar-refractivity contribution in [3.63, 3.8) is 0 Å². The molecule has 3 rings (SSSR count). The number of benzene rings is 1. The van der Waals surface area contributed by atoms with Crippen molar-refractivity contribution in [3.8, 4) is 0 Å². The van der Waals surface area contributed by atoms with E-state index in [1.165, 1.54) is 0 Å². The van der Waals surface area contributed by atoms with E-state index >= 15 is 0 Å². The van der Waals surface area contributed by atoms with Crippen LogP contribution in [0.25, 0.3) is 11.0 Å². The second-order valence-corrected chi connectivity index (χ2v) is 4.23. The Hall–Kier alpha value is -2.13. The summed E-state index contributed by atoms with van der Waals surface area (Å²) in [6.45, 7) is 1.86. The maximum atomic E-state index is 10.4. The van der Waals surface area contributed by atoms with E-state index in [9.17, 15) is 5.11 Å². The number of hydrogen-bond acceptors (Lipinski definition) is 3. The summed E-state index contributed by atoms with van der Waals surface area (Å²) in [7, 11) is 0. The number of fused-ring (bicyclic) bond motifs is 1. The van der Waals surface area contributed by atoms with Crippen LogP contribution in [0.15, 0.2) is 53.1 Å². The lowest BCUT2D eigenvalue weighted by molar-refractivity contribution is 0.214. The average molecular weight is 239 g/mol. The molecule has 0 saturated heterocycles. The van der Waals surface area contributed by atoms with Crippen molar-refractivity contribution >= 4 is 11.0 Å². The van der Waals surface area contributed by atoms with Gasteiger partial charge >= 0.3 is 0 Å². The molecule has 18 heavy (non-hydrogen) atoms. The first-order chi connectivity index (χ1) is 8.77. The summed E-state index contributed by atoms with van der Waals surface area (Å²) in [5.74, 6) is 0.731. The lowest BCUT2D eigenvalue weighted by atomic mass is 10.0. The highest BCUT2D eigenvalue weighted by molar-refractivity contribution is 5.83. The number of hydrogen-bond donors (Lipinski definition) is 1. The van der Waals surface area contributed by atoms with Gasteiger partial charge in [0.1, 0.15) is 17.4 Å². The van der Waals surface area contributed by atoms with Crippen LogP contribution in [0, 0.1) is 6.92 Å². The molecule has 90 valence electrons. The van der Waals surface area contributed by atoms with Gasteiger partial charge in [0.15, 0.2) is 0 Å². The Bertz CT molecular complexity index is 673. The predicted octanol–water partition coefficient (Wildman–Crippen LogP) is 3.22. The number of aliphatic hydroxyl groups excluding tert-OH is 1. The molecule has 1 N–H and O–H groups in total. The zero-order chi connectivity index (χ0) is 12.5.